The predicted octanol–water partition coefficient (Wildman–Crippen LogP) is 2.43. The highest BCUT2D eigenvalue weighted by atomic mass is 35.5. The number of rotatable bonds is 1. The molecule has 0 amide bonds. The van der Waals surface area contributed by atoms with Gasteiger partial charge in [0.15, 0.2) is 0 Å². The van der Waals surface area contributed by atoms with Crippen LogP contribution in [0.1, 0.15) is 11.1 Å². The number of nitrogens with zero attached hydrogens (tertiary/aromatic N) is 1. The van der Waals surface area contributed by atoms with Crippen molar-refractivity contribution in [2.24, 2.45) is 4.99 Å². The van der Waals surface area contributed by atoms with E-state index in [2.05, 4.69) is 4.99 Å². The van der Waals surface area contributed by atoms with Crippen molar-refractivity contribution in [3.05, 3.63) is 34.3 Å². The van der Waals surface area contributed by atoms with Gasteiger partial charge in [-0.15, -0.1) is 0 Å². The Kier molecular flexibility index (Phi) is 2.23. The molecule has 68 valence electrons. The number of ether oxygens (including phenoxy) is 1. The van der Waals surface area contributed by atoms with E-state index in [4.69, 9.17) is 16.3 Å². The molecule has 0 spiro atoms. The molecule has 2 nitrogen and oxygen atoms in total. The van der Waals surface area contributed by atoms with Gasteiger partial charge in [-0.25, -0.2) is 4.99 Å². The summed E-state index contributed by atoms with van der Waals surface area (Å²) >= 11 is 6.02. The van der Waals surface area contributed by atoms with E-state index in [-0.39, 0.29) is 0 Å². The molecule has 0 bridgehead atoms. The Morgan fingerprint density at radius 3 is 3.00 bits per heavy atom. The minimum absolute atomic E-state index is 0.666. The molecule has 1 aromatic rings. The van der Waals surface area contributed by atoms with Crippen LogP contribution in [0.3, 0.4) is 0 Å². The van der Waals surface area contributed by atoms with Crippen molar-refractivity contribution in [1.82, 2.24) is 0 Å². The molecule has 0 atom stereocenters. The second-order valence-corrected chi connectivity index (χ2v) is 3.43. The molecule has 3 heteroatoms. The fraction of sp³-hybridized carbons (Fsp3) is 0.300. The summed E-state index contributed by atoms with van der Waals surface area (Å²) in [7, 11) is 0. The van der Waals surface area contributed by atoms with Crippen LogP contribution in [-0.2, 0) is 4.74 Å². The number of halogens is 1. The molecule has 0 saturated carbocycles. The Hall–Kier alpha value is -1.02. The van der Waals surface area contributed by atoms with Crippen LogP contribution >= 0.6 is 11.6 Å². The Labute approximate surface area is 82.2 Å². The van der Waals surface area contributed by atoms with Crippen LogP contribution in [0.5, 0.6) is 0 Å². The van der Waals surface area contributed by atoms with Gasteiger partial charge in [0.1, 0.15) is 6.61 Å². The van der Waals surface area contributed by atoms with Crippen LogP contribution in [0.25, 0.3) is 0 Å². The Bertz CT molecular complexity index is 360. The Balaban J connectivity index is 2.43. The second kappa shape index (κ2) is 3.38. The number of aliphatic imine (C=N–C) groups is 1. The fourth-order valence-corrected chi connectivity index (χ4v) is 1.50. The summed E-state index contributed by atoms with van der Waals surface area (Å²) in [6, 6.07) is 5.84. The highest BCUT2D eigenvalue weighted by molar-refractivity contribution is 6.33. The van der Waals surface area contributed by atoms with Crippen molar-refractivity contribution >= 4 is 17.5 Å². The molecule has 0 fully saturated rings. The fourth-order valence-electron chi connectivity index (χ4n) is 1.30. The second-order valence-electron chi connectivity index (χ2n) is 3.02. The number of hydrogen-bond donors (Lipinski definition) is 0. The van der Waals surface area contributed by atoms with Crippen LogP contribution in [-0.4, -0.2) is 19.0 Å². The third kappa shape index (κ3) is 1.68. The van der Waals surface area contributed by atoms with E-state index in [0.717, 1.165) is 17.7 Å². The lowest BCUT2D eigenvalue weighted by molar-refractivity contribution is 0.348. The predicted molar refractivity (Wildman–Crippen MR) is 53.5 cm³/mol. The zero-order chi connectivity index (χ0) is 9.26. The van der Waals surface area contributed by atoms with Crippen molar-refractivity contribution in [2.45, 2.75) is 6.92 Å². The molecular weight excluding hydrogens is 186 g/mol. The van der Waals surface area contributed by atoms with Crippen molar-refractivity contribution < 1.29 is 4.74 Å². The van der Waals surface area contributed by atoms with E-state index in [1.165, 1.54) is 0 Å². The first-order valence-electron chi connectivity index (χ1n) is 4.21. The molecule has 13 heavy (non-hydrogen) atoms. The van der Waals surface area contributed by atoms with Crippen molar-refractivity contribution in [2.75, 3.05) is 13.2 Å². The van der Waals surface area contributed by atoms with Gasteiger partial charge in [-0.1, -0.05) is 23.2 Å². The van der Waals surface area contributed by atoms with Crippen molar-refractivity contribution in [1.29, 1.82) is 0 Å². The minimum Gasteiger partial charge on any atom is -0.475 e. The lowest BCUT2D eigenvalue weighted by Gasteiger charge is -2.04. The molecular formula is C10H10ClNO. The SMILES string of the molecule is Cc1ccc(Cl)c(C2=NCCO2)c1. The van der Waals surface area contributed by atoms with E-state index in [0.29, 0.717) is 17.5 Å². The molecule has 0 radical (unpaired) electrons. The summed E-state index contributed by atoms with van der Waals surface area (Å²) < 4.78 is 5.34. The van der Waals surface area contributed by atoms with Crippen LogP contribution in [0, 0.1) is 6.92 Å². The van der Waals surface area contributed by atoms with Gasteiger partial charge in [-0.3, -0.25) is 0 Å². The molecule has 2 rings (SSSR count). The maximum Gasteiger partial charge on any atom is 0.217 e. The average molecular weight is 196 g/mol. The lowest BCUT2D eigenvalue weighted by atomic mass is 10.1. The average Bonchev–Trinajstić information content (AvgIpc) is 2.61. The lowest BCUT2D eigenvalue weighted by Crippen LogP contribution is -2.02. The standard InChI is InChI=1S/C10H10ClNO/c1-7-2-3-9(11)8(6-7)10-12-4-5-13-10/h2-3,6H,4-5H2,1H3. The maximum absolute atomic E-state index is 6.02. The van der Waals surface area contributed by atoms with Gasteiger partial charge in [0.05, 0.1) is 17.1 Å². The molecule has 1 aliphatic rings. The van der Waals surface area contributed by atoms with E-state index in [1.807, 2.05) is 25.1 Å². The van der Waals surface area contributed by atoms with Gasteiger partial charge < -0.3 is 4.74 Å². The molecule has 0 aromatic heterocycles. The highest BCUT2D eigenvalue weighted by Gasteiger charge is 2.13. The van der Waals surface area contributed by atoms with Crippen molar-refractivity contribution in [3.8, 4) is 0 Å². The summed E-state index contributed by atoms with van der Waals surface area (Å²) in [6.07, 6.45) is 0. The molecule has 0 saturated heterocycles. The smallest absolute Gasteiger partial charge is 0.217 e. The first-order valence-corrected chi connectivity index (χ1v) is 4.59. The quantitative estimate of drug-likeness (QED) is 0.675. The summed E-state index contributed by atoms with van der Waals surface area (Å²) in [6.45, 7) is 3.43. The van der Waals surface area contributed by atoms with Crippen LogP contribution in [0.4, 0.5) is 0 Å². The summed E-state index contributed by atoms with van der Waals surface area (Å²) in [5.74, 6) is 0.675. The molecule has 1 heterocycles. The third-order valence-electron chi connectivity index (χ3n) is 1.94. The monoisotopic (exact) mass is 195 g/mol. The number of aryl methyl sites for hydroxylation is 1. The number of benzene rings is 1. The van der Waals surface area contributed by atoms with Crippen molar-refractivity contribution in [3.63, 3.8) is 0 Å². The minimum atomic E-state index is 0.666. The first kappa shape index (κ1) is 8.57. The van der Waals surface area contributed by atoms with Gasteiger partial charge in [0.2, 0.25) is 5.90 Å². The van der Waals surface area contributed by atoms with Crippen LogP contribution in [0.15, 0.2) is 23.2 Å². The maximum atomic E-state index is 6.02. The highest BCUT2D eigenvalue weighted by Crippen LogP contribution is 2.20. The van der Waals surface area contributed by atoms with E-state index in [1.54, 1.807) is 0 Å². The van der Waals surface area contributed by atoms with Crippen LogP contribution in [0.2, 0.25) is 5.02 Å². The van der Waals surface area contributed by atoms with Crippen LogP contribution < -0.4 is 0 Å². The first-order chi connectivity index (χ1) is 6.27. The largest absolute Gasteiger partial charge is 0.475 e. The molecule has 1 aliphatic heterocycles. The normalized spacial score (nSPS) is 15.4. The van der Waals surface area contributed by atoms with E-state index >= 15 is 0 Å². The number of hydrogen-bond acceptors (Lipinski definition) is 2. The Morgan fingerprint density at radius 2 is 2.31 bits per heavy atom. The van der Waals surface area contributed by atoms with E-state index < -0.39 is 0 Å². The Morgan fingerprint density at radius 1 is 1.46 bits per heavy atom. The summed E-state index contributed by atoms with van der Waals surface area (Å²) in [5, 5.41) is 0.700. The molecule has 0 unspecified atom stereocenters. The molecule has 0 N–H and O–H groups in total. The molecule has 0 aliphatic carbocycles. The third-order valence-corrected chi connectivity index (χ3v) is 2.27. The topological polar surface area (TPSA) is 21.6 Å². The zero-order valence-electron chi connectivity index (χ0n) is 7.38. The zero-order valence-corrected chi connectivity index (χ0v) is 8.14. The van der Waals surface area contributed by atoms with E-state index in [9.17, 15) is 0 Å². The van der Waals surface area contributed by atoms with Gasteiger partial charge >= 0.3 is 0 Å². The van der Waals surface area contributed by atoms with Gasteiger partial charge in [0, 0.05) is 0 Å². The summed E-state index contributed by atoms with van der Waals surface area (Å²) in [5.41, 5.74) is 2.07. The molecule has 1 aromatic carbocycles. The van der Waals surface area contributed by atoms with Gasteiger partial charge in [0.25, 0.3) is 0 Å². The van der Waals surface area contributed by atoms with Gasteiger partial charge in [-0.2, -0.15) is 0 Å². The summed E-state index contributed by atoms with van der Waals surface area (Å²) in [4.78, 5) is 4.22. The van der Waals surface area contributed by atoms with Gasteiger partial charge in [-0.05, 0) is 19.1 Å².